The van der Waals surface area contributed by atoms with Crippen molar-refractivity contribution in [2.24, 2.45) is 85.8 Å². The number of thiazole rings is 2. The van der Waals surface area contributed by atoms with E-state index < -0.39 is 63.2 Å². The number of carbonyl (C=O) groups is 4. The molecule has 29 nitrogen and oxygen atoms in total. The molecule has 0 radical (unpaired) electrons. The van der Waals surface area contributed by atoms with Crippen molar-refractivity contribution in [2.75, 3.05) is 11.1 Å². The topological polar surface area (TPSA) is 431 Å². The maximum Gasteiger partial charge on any atom is 1.00 e. The number of pyridine rings is 2. The van der Waals surface area contributed by atoms with Gasteiger partial charge in [0.15, 0.2) is 33.1 Å². The van der Waals surface area contributed by atoms with Crippen LogP contribution in [0.15, 0.2) is 142 Å². The number of nitrogens with zero attached hydrogens (tertiary/aromatic N) is 13. The average Bonchev–Trinajstić information content (AvgIpc) is 1.64. The van der Waals surface area contributed by atoms with Gasteiger partial charge in [0.25, 0.3) is 11.8 Å². The van der Waals surface area contributed by atoms with Crippen LogP contribution in [0.1, 0.15) is 196 Å². The summed E-state index contributed by atoms with van der Waals surface area (Å²) in [6.45, 7) is 18.4. The zero-order valence-corrected chi connectivity index (χ0v) is 71.2. The quantitative estimate of drug-likeness (QED) is 0.0571. The number of carboxylic acid groups (broad SMARTS) is 1. The first-order valence-electron chi connectivity index (χ1n) is 42.1. The van der Waals surface area contributed by atoms with Crippen LogP contribution in [-0.2, 0) is 28.9 Å². The van der Waals surface area contributed by atoms with E-state index in [-0.39, 0.29) is 107 Å². The van der Waals surface area contributed by atoms with Crippen LogP contribution in [0.4, 0.5) is 15.1 Å². The summed E-state index contributed by atoms with van der Waals surface area (Å²) >= 11 is 2.71. The number of rotatable bonds is 5. The maximum absolute atomic E-state index is 13.6. The summed E-state index contributed by atoms with van der Waals surface area (Å²) in [5.74, 6) is 2.04. The van der Waals surface area contributed by atoms with E-state index in [2.05, 4.69) is 109 Å². The van der Waals surface area contributed by atoms with Crippen LogP contribution >= 0.6 is 22.7 Å². The fourth-order valence-corrected chi connectivity index (χ4v) is 26.9. The van der Waals surface area contributed by atoms with Gasteiger partial charge in [0, 0.05) is 82.5 Å². The fraction of sp³-hybridized carbons (Fsp3) is 0.539. The summed E-state index contributed by atoms with van der Waals surface area (Å²) in [4.78, 5) is 80.3. The van der Waals surface area contributed by atoms with Gasteiger partial charge in [-0.3, -0.25) is 28.6 Å². The molecule has 12 aliphatic rings. The number of carbonyl (C=O) groups excluding carboxylic acids is 3. The number of aliphatic hydroxyl groups is 6. The molecule has 10 heterocycles. The smallest absolute Gasteiger partial charge is 0.479 e. The van der Waals surface area contributed by atoms with Crippen molar-refractivity contribution in [1.82, 2.24) is 64.1 Å². The molecule has 22 rings (SSSR count). The molecule has 21 atom stereocenters. The Labute approximate surface area is 720 Å². The number of nitrogens with one attached hydrogen (secondary N) is 1. The normalized spacial score (nSPS) is 35.6. The fourth-order valence-electron chi connectivity index (χ4n) is 25.4. The minimum absolute atomic E-state index is 0. The number of aromatic nitrogens is 13. The summed E-state index contributed by atoms with van der Waals surface area (Å²) in [5, 5.41) is 94.8. The zero-order chi connectivity index (χ0) is 84.4. The summed E-state index contributed by atoms with van der Waals surface area (Å²) in [6.07, 6.45) is 41.9. The number of amides is 1. The van der Waals surface area contributed by atoms with Crippen molar-refractivity contribution in [3.05, 3.63) is 169 Å². The molecule has 0 bridgehead atoms. The summed E-state index contributed by atoms with van der Waals surface area (Å²) in [5.41, 5.74) is 6.82. The van der Waals surface area contributed by atoms with Crippen molar-refractivity contribution in [2.45, 2.75) is 212 Å². The predicted octanol–water partition coefficient (Wildman–Crippen LogP) is 10.4. The van der Waals surface area contributed by atoms with E-state index in [1.807, 2.05) is 45.0 Å². The molecule has 0 saturated heterocycles. The number of aliphatic carboxylic acids is 1. The van der Waals surface area contributed by atoms with Crippen molar-refractivity contribution in [3.63, 3.8) is 0 Å². The zero-order valence-electron chi connectivity index (χ0n) is 69.6. The Kier molecular flexibility index (Phi) is 22.8. The van der Waals surface area contributed by atoms with Crippen LogP contribution in [0.2, 0.25) is 0 Å². The molecule has 10 aromatic rings. The molecule has 10 aromatic heterocycles. The van der Waals surface area contributed by atoms with Crippen LogP contribution in [0.5, 0.6) is 0 Å². The first-order valence-corrected chi connectivity index (χ1v) is 43.7. The molecular weight excluding hydrogens is 1570 g/mol. The van der Waals surface area contributed by atoms with Gasteiger partial charge in [0.05, 0.1) is 36.9 Å². The molecule has 9 fully saturated rings. The predicted molar refractivity (Wildman–Crippen MR) is 446 cm³/mol. The third-order valence-electron chi connectivity index (χ3n) is 31.3. The number of anilines is 2. The van der Waals surface area contributed by atoms with Gasteiger partial charge >= 0.3 is 30.9 Å². The molecule has 0 aromatic carbocycles. The van der Waals surface area contributed by atoms with Crippen molar-refractivity contribution >= 4 is 95.7 Å². The maximum atomic E-state index is 13.6. The van der Waals surface area contributed by atoms with E-state index in [4.69, 9.17) is 19.3 Å². The molecule has 0 spiro atoms. The van der Waals surface area contributed by atoms with Gasteiger partial charge in [-0.25, -0.2) is 44.5 Å². The van der Waals surface area contributed by atoms with Gasteiger partial charge in [-0.15, -0.1) is 0 Å². The second kappa shape index (κ2) is 32.3. The van der Waals surface area contributed by atoms with E-state index in [0.29, 0.717) is 48.8 Å². The number of aliphatic hydroxyl groups excluding tert-OH is 3. The molecule has 634 valence electrons. The van der Waals surface area contributed by atoms with Gasteiger partial charge in [-0.2, -0.15) is 6.42 Å². The first-order chi connectivity index (χ1) is 57.4. The molecule has 10 N–H and O–H groups in total. The van der Waals surface area contributed by atoms with Gasteiger partial charge in [-0.1, -0.05) is 110 Å². The number of carboxylic acids is 1. The Morgan fingerprint density at radius 2 is 0.926 bits per heavy atom. The second-order valence-electron chi connectivity index (χ2n) is 37.0. The molecule has 9 saturated carbocycles. The van der Waals surface area contributed by atoms with E-state index in [1.54, 1.807) is 68.2 Å². The number of fused-ring (bicyclic) bond motifs is 20. The number of hydrogen-bond donors (Lipinski definition) is 9. The standard InChI is InChI=1S/C27H30N4O4S.C24H29N3O4.C21H27NO5.C7H6N4O.C6H5N3S.C4H9.Li/c1-25-11-14-13-29-35-20(14)10-15(25)5-6-16-17-7-8-27(34,26(17,2)12-19(32)21(16)25)23(33)31-24-30-18-4-3-9-28-22(18)36-24;1-22-10-14-12-26-31-19(14)9-15(22)3-4-16-17-5-6-24(30,21(29)27-8-7-25-13-27)23(17,2)11-18(28)20(16)22;1-19-8-11-10-22-27-16(11)7-12(19)3-4-13-14-5-6-21(26,18(24)25)20(14,2)9-15(23)17(13)19;12-7(10-3-1-8-5-10)11-4-2-9-6-11;7-6-9-4-2-1-3-8-5(4)10-6;1-3-4-2;/h3-4,9-10,13,16-17,19,21,32,34H,5-8,11-12H2,1-2H3,(H,30,31,33);7-9,12-13,16-18,20,28,30H,3-6,10-11H2,1-2H3;7,10,13-15,17,23,26H,3-6,8-9H2,1-2H3,(H,24,25);1-6H;1-3H,(H2,7,9);1,3-4H2,2H3;/q;;;;;-1;+1/t16?,17?,19-,21?,25-,26-,27-;16?,17?,18-,20?,22-,23-,24-;13?,14?,15-,17?,19-,20-,21-;;;;/m000..../s1. The number of allylic oxidation sites excluding steroid dienone is 3. The SMILES string of the molecule is C[C@]12Cc3cnoc3C=C1CCC1C2[C@@H](O)C[C@@]2(C)C1CC[C@]2(O)C(=O)Nc1nc2cccnc2s1.C[C@]12Cc3cnoc3C=C1CCC1C2[C@@H](O)C[C@@]2(C)C1CC[C@]2(O)C(=O)O.C[C@]12Cc3cnoc3C=C1CCC1C2[C@@H](O)C[C@@]2(C)C1CC[C@]2(O)C(=O)n1ccnc1.Nc1nc2cccnc2s1.O=C(n1ccnc1)n1ccnc1.[CH2-]CCC.[Li+]. The Morgan fingerprint density at radius 3 is 1.31 bits per heavy atom. The average molecular weight is 1680 g/mol. The Balaban J connectivity index is 0.000000117. The van der Waals surface area contributed by atoms with Crippen molar-refractivity contribution < 1.29 is 87.4 Å². The van der Waals surface area contributed by atoms with Gasteiger partial charge in [0.2, 0.25) is 0 Å². The third kappa shape index (κ3) is 14.0. The molecule has 0 aliphatic heterocycles. The monoisotopic (exact) mass is 1680 g/mol. The number of nitrogens with two attached hydrogens (primary N) is 1. The van der Waals surface area contributed by atoms with Crippen LogP contribution < -0.4 is 29.9 Å². The summed E-state index contributed by atoms with van der Waals surface area (Å²) < 4.78 is 20.4. The first kappa shape index (κ1) is 85.6. The molecule has 1 amide bonds. The Morgan fingerprint density at radius 1 is 0.545 bits per heavy atom. The Bertz CT molecular complexity index is 5480. The van der Waals surface area contributed by atoms with E-state index in [9.17, 15) is 54.9 Å². The van der Waals surface area contributed by atoms with Gasteiger partial charge in [-0.05, 0) is 228 Å². The third-order valence-corrected chi connectivity index (χ3v) is 33.0. The Hall–Kier alpha value is -9.00. The number of imidazole rings is 3. The van der Waals surface area contributed by atoms with E-state index in [0.717, 1.165) is 132 Å². The molecule has 9 unspecified atom stereocenters. The van der Waals surface area contributed by atoms with Crippen molar-refractivity contribution in [3.8, 4) is 0 Å². The summed E-state index contributed by atoms with van der Waals surface area (Å²) in [6, 6.07) is 7.22. The van der Waals surface area contributed by atoms with Gasteiger partial charge in [0.1, 0.15) is 50.9 Å². The minimum Gasteiger partial charge on any atom is -0.479 e. The largest absolute Gasteiger partial charge is 1.00 e. The van der Waals surface area contributed by atoms with Crippen LogP contribution in [0.25, 0.3) is 38.9 Å². The van der Waals surface area contributed by atoms with E-state index in [1.165, 1.54) is 78.5 Å². The van der Waals surface area contributed by atoms with Gasteiger partial charge < -0.3 is 62.0 Å². The van der Waals surface area contributed by atoms with Crippen LogP contribution in [0, 0.1) is 92.7 Å². The molecule has 12 aliphatic carbocycles. The number of hydrogen-bond acceptors (Lipinski definition) is 26. The number of nitrogen functional groups attached to an aromatic ring is 1. The van der Waals surface area contributed by atoms with Crippen LogP contribution in [0.3, 0.4) is 0 Å². The minimum atomic E-state index is -1.74. The second-order valence-corrected chi connectivity index (χ2v) is 39.0. The molecular formula is C89H106LiN15O14S2. The van der Waals surface area contributed by atoms with E-state index >= 15 is 0 Å². The summed E-state index contributed by atoms with van der Waals surface area (Å²) in [7, 11) is 0. The number of unbranched alkanes of at least 4 members (excludes halogenated alkanes) is 1. The van der Waals surface area contributed by atoms with Crippen molar-refractivity contribution in [1.29, 1.82) is 0 Å². The molecule has 32 heteroatoms. The van der Waals surface area contributed by atoms with Crippen LogP contribution in [-0.4, -0.2) is 159 Å². The molecule has 121 heavy (non-hydrogen) atoms.